The molecule has 3 nitrogen and oxygen atoms in total. The van der Waals surface area contributed by atoms with Crippen LogP contribution in [0.15, 0.2) is 224 Å². The standard InChI is InChI=1S/C58H37N3S/c1-5-19-38(20-6-1)40-35-36-45(49(37-40)39-21-7-2-8-22-39)55-59-56(61-57(60-55)48-31-17-29-44-43-27-14-16-34-52(43)62-54(44)48)47-30-18-33-51-53(47)46-28-13-15-32-50(46)58(51,41-23-9-3-10-24-41)42-25-11-4-12-26-42/h1-37H. The number of fused-ring (bicyclic) bond motifs is 6. The van der Waals surface area contributed by atoms with Crippen molar-refractivity contribution in [3.63, 3.8) is 0 Å². The van der Waals surface area contributed by atoms with E-state index in [-0.39, 0.29) is 0 Å². The van der Waals surface area contributed by atoms with Gasteiger partial charge in [0.25, 0.3) is 0 Å². The minimum Gasteiger partial charge on any atom is -0.208 e. The third kappa shape index (κ3) is 5.68. The van der Waals surface area contributed by atoms with Gasteiger partial charge in [-0.1, -0.05) is 200 Å². The Morgan fingerprint density at radius 1 is 0.323 bits per heavy atom. The highest BCUT2D eigenvalue weighted by Crippen LogP contribution is 2.58. The summed E-state index contributed by atoms with van der Waals surface area (Å²) < 4.78 is 2.40. The average molecular weight is 808 g/mol. The fraction of sp³-hybridized carbons (Fsp3) is 0.0172. The van der Waals surface area contributed by atoms with Gasteiger partial charge in [-0.2, -0.15) is 0 Å². The fourth-order valence-electron chi connectivity index (χ4n) is 9.75. The van der Waals surface area contributed by atoms with Crippen molar-refractivity contribution in [2.45, 2.75) is 5.41 Å². The summed E-state index contributed by atoms with van der Waals surface area (Å²) in [6.45, 7) is 0. The van der Waals surface area contributed by atoms with Crippen molar-refractivity contribution >= 4 is 31.5 Å². The molecule has 0 spiro atoms. The lowest BCUT2D eigenvalue weighted by molar-refractivity contribution is 0.768. The number of hydrogen-bond acceptors (Lipinski definition) is 4. The van der Waals surface area contributed by atoms with Crippen LogP contribution in [-0.2, 0) is 5.41 Å². The normalized spacial score (nSPS) is 12.6. The summed E-state index contributed by atoms with van der Waals surface area (Å²) in [4.78, 5) is 16.5. The molecule has 9 aromatic carbocycles. The number of aromatic nitrogens is 3. The molecule has 1 aliphatic rings. The lowest BCUT2D eigenvalue weighted by atomic mass is 9.67. The van der Waals surface area contributed by atoms with E-state index in [2.05, 4.69) is 224 Å². The van der Waals surface area contributed by atoms with Crippen LogP contribution in [0.25, 0.3) is 87.7 Å². The highest BCUT2D eigenvalue weighted by atomic mass is 32.1. The average Bonchev–Trinajstić information content (AvgIpc) is 3.89. The fourth-order valence-corrected chi connectivity index (χ4v) is 11.0. The van der Waals surface area contributed by atoms with E-state index in [1.54, 1.807) is 11.3 Å². The summed E-state index contributed by atoms with van der Waals surface area (Å²) in [5, 5.41) is 2.44. The molecule has 0 aliphatic heterocycles. The summed E-state index contributed by atoms with van der Waals surface area (Å²) in [7, 11) is 0. The van der Waals surface area contributed by atoms with Crippen LogP contribution in [0.5, 0.6) is 0 Å². The second-order valence-electron chi connectivity index (χ2n) is 15.8. The second-order valence-corrected chi connectivity index (χ2v) is 16.9. The molecule has 1 aliphatic carbocycles. The van der Waals surface area contributed by atoms with E-state index in [0.717, 1.165) is 49.2 Å². The van der Waals surface area contributed by atoms with Gasteiger partial charge in [0.05, 0.1) is 5.41 Å². The van der Waals surface area contributed by atoms with Gasteiger partial charge in [-0.3, -0.25) is 0 Å². The Morgan fingerprint density at radius 2 is 0.839 bits per heavy atom. The predicted octanol–water partition coefficient (Wildman–Crippen LogP) is 14.9. The van der Waals surface area contributed by atoms with Crippen molar-refractivity contribution < 1.29 is 0 Å². The quantitative estimate of drug-likeness (QED) is 0.161. The molecule has 0 atom stereocenters. The molecule has 2 heterocycles. The van der Waals surface area contributed by atoms with Gasteiger partial charge in [0, 0.05) is 36.9 Å². The van der Waals surface area contributed by atoms with Gasteiger partial charge in [-0.15, -0.1) is 11.3 Å². The molecule has 11 aromatic rings. The number of thiophene rings is 1. The SMILES string of the molecule is c1ccc(-c2ccc(-c3nc(-c4cccc5c4-c4ccccc4C5(c4ccccc4)c4ccccc4)nc(-c4cccc5c4sc4ccccc45)n3)c(-c3ccccc3)c2)cc1. The maximum atomic E-state index is 5.54. The van der Waals surface area contributed by atoms with Crippen molar-refractivity contribution in [2.24, 2.45) is 0 Å². The van der Waals surface area contributed by atoms with E-state index in [1.165, 1.54) is 43.3 Å². The van der Waals surface area contributed by atoms with Crippen LogP contribution in [0.3, 0.4) is 0 Å². The van der Waals surface area contributed by atoms with Gasteiger partial charge in [0.2, 0.25) is 0 Å². The molecule has 0 saturated heterocycles. The van der Waals surface area contributed by atoms with E-state index >= 15 is 0 Å². The molecule has 0 unspecified atom stereocenters. The van der Waals surface area contributed by atoms with Gasteiger partial charge in [-0.05, 0) is 79.9 Å². The summed E-state index contributed by atoms with van der Waals surface area (Å²) in [6.07, 6.45) is 0. The third-order valence-electron chi connectivity index (χ3n) is 12.5. The van der Waals surface area contributed by atoms with E-state index in [4.69, 9.17) is 15.0 Å². The Balaban J connectivity index is 1.16. The van der Waals surface area contributed by atoms with E-state index in [1.807, 2.05) is 0 Å². The summed E-state index contributed by atoms with van der Waals surface area (Å²) in [6, 6.07) is 80.4. The summed E-state index contributed by atoms with van der Waals surface area (Å²) >= 11 is 1.79. The molecule has 2 aromatic heterocycles. The number of benzene rings is 9. The van der Waals surface area contributed by atoms with E-state index in [0.29, 0.717) is 17.5 Å². The summed E-state index contributed by atoms with van der Waals surface area (Å²) in [5.74, 6) is 1.91. The maximum Gasteiger partial charge on any atom is 0.165 e. The van der Waals surface area contributed by atoms with Crippen LogP contribution in [0.1, 0.15) is 22.3 Å². The first-order valence-corrected chi connectivity index (χ1v) is 21.8. The predicted molar refractivity (Wildman–Crippen MR) is 257 cm³/mol. The molecule has 0 fully saturated rings. The van der Waals surface area contributed by atoms with Crippen molar-refractivity contribution in [3.05, 3.63) is 247 Å². The van der Waals surface area contributed by atoms with Crippen LogP contribution >= 0.6 is 11.3 Å². The van der Waals surface area contributed by atoms with Crippen LogP contribution in [-0.4, -0.2) is 15.0 Å². The van der Waals surface area contributed by atoms with Crippen LogP contribution in [0, 0.1) is 0 Å². The van der Waals surface area contributed by atoms with Crippen molar-refractivity contribution in [1.29, 1.82) is 0 Å². The van der Waals surface area contributed by atoms with Gasteiger partial charge in [0.15, 0.2) is 17.5 Å². The Hall–Kier alpha value is -7.79. The zero-order valence-corrected chi connectivity index (χ0v) is 34.4. The molecule has 0 radical (unpaired) electrons. The number of rotatable bonds is 7. The zero-order valence-electron chi connectivity index (χ0n) is 33.6. The molecule has 0 bridgehead atoms. The van der Waals surface area contributed by atoms with E-state index < -0.39 is 5.41 Å². The first kappa shape index (κ1) is 36.1. The number of nitrogens with zero attached hydrogens (tertiary/aromatic N) is 3. The molecular weight excluding hydrogens is 771 g/mol. The Bertz CT molecular complexity index is 3410. The molecular formula is C58H37N3S. The molecule has 0 N–H and O–H groups in total. The zero-order chi connectivity index (χ0) is 41.0. The molecule has 4 heteroatoms. The third-order valence-corrected chi connectivity index (χ3v) is 13.7. The largest absolute Gasteiger partial charge is 0.208 e. The van der Waals surface area contributed by atoms with Gasteiger partial charge < -0.3 is 0 Å². The minimum atomic E-state index is -0.556. The molecule has 0 amide bonds. The maximum absolute atomic E-state index is 5.54. The van der Waals surface area contributed by atoms with E-state index in [9.17, 15) is 0 Å². The van der Waals surface area contributed by atoms with Gasteiger partial charge in [0.1, 0.15) is 0 Å². The Kier molecular flexibility index (Phi) is 8.58. The molecule has 62 heavy (non-hydrogen) atoms. The highest BCUT2D eigenvalue weighted by molar-refractivity contribution is 7.26. The molecule has 0 saturated carbocycles. The van der Waals surface area contributed by atoms with Crippen LogP contribution in [0.2, 0.25) is 0 Å². The van der Waals surface area contributed by atoms with Crippen molar-refractivity contribution in [1.82, 2.24) is 15.0 Å². The minimum absolute atomic E-state index is 0.556. The van der Waals surface area contributed by atoms with Gasteiger partial charge in [-0.25, -0.2) is 15.0 Å². The lowest BCUT2D eigenvalue weighted by Gasteiger charge is -2.33. The van der Waals surface area contributed by atoms with Crippen LogP contribution in [0.4, 0.5) is 0 Å². The molecule has 12 rings (SSSR count). The first-order chi connectivity index (χ1) is 30.8. The monoisotopic (exact) mass is 807 g/mol. The Labute approximate surface area is 364 Å². The van der Waals surface area contributed by atoms with Gasteiger partial charge >= 0.3 is 0 Å². The van der Waals surface area contributed by atoms with Crippen molar-refractivity contribution in [3.8, 4) is 67.5 Å². The number of hydrogen-bond donors (Lipinski definition) is 0. The Morgan fingerprint density at radius 3 is 1.56 bits per heavy atom. The van der Waals surface area contributed by atoms with Crippen molar-refractivity contribution in [2.75, 3.05) is 0 Å². The summed E-state index contributed by atoms with van der Waals surface area (Å²) in [5.41, 5.74) is 14.0. The topological polar surface area (TPSA) is 38.7 Å². The first-order valence-electron chi connectivity index (χ1n) is 21.0. The highest BCUT2D eigenvalue weighted by Gasteiger charge is 2.47. The van der Waals surface area contributed by atoms with Crippen LogP contribution < -0.4 is 0 Å². The lowest BCUT2D eigenvalue weighted by Crippen LogP contribution is -2.28. The smallest absolute Gasteiger partial charge is 0.165 e. The second kappa shape index (κ2) is 14.7. The molecule has 290 valence electrons.